The molecule has 12 rings (SSSR count). The Hall–Kier alpha value is -8.14. The van der Waals surface area contributed by atoms with Crippen molar-refractivity contribution in [2.45, 2.75) is 0 Å². The summed E-state index contributed by atoms with van der Waals surface area (Å²) in [6.07, 6.45) is 0. The van der Waals surface area contributed by atoms with Gasteiger partial charge < -0.3 is 4.42 Å². The van der Waals surface area contributed by atoms with Crippen molar-refractivity contribution in [3.8, 4) is 67.3 Å². The van der Waals surface area contributed by atoms with Gasteiger partial charge in [-0.25, -0.2) is 9.97 Å². The molecule has 0 saturated carbocycles. The number of aromatic nitrogens is 2. The number of furan rings is 1. The summed E-state index contributed by atoms with van der Waals surface area (Å²) >= 11 is 0. The van der Waals surface area contributed by atoms with Gasteiger partial charge in [-0.3, -0.25) is 0 Å². The number of hydrogen-bond donors (Lipinski definition) is 0. The second-order valence-electron chi connectivity index (χ2n) is 15.7. The molecular formula is C58H36N2O. The molecule has 284 valence electrons. The van der Waals surface area contributed by atoms with E-state index in [2.05, 4.69) is 212 Å². The van der Waals surface area contributed by atoms with E-state index in [4.69, 9.17) is 14.4 Å². The van der Waals surface area contributed by atoms with Crippen molar-refractivity contribution in [1.29, 1.82) is 0 Å². The first kappa shape index (κ1) is 34.9. The third-order valence-electron chi connectivity index (χ3n) is 12.1. The van der Waals surface area contributed by atoms with Gasteiger partial charge in [0.25, 0.3) is 0 Å². The van der Waals surface area contributed by atoms with Crippen LogP contribution in [0.3, 0.4) is 0 Å². The Morgan fingerprint density at radius 3 is 1.77 bits per heavy atom. The van der Waals surface area contributed by atoms with Crippen LogP contribution in [-0.2, 0) is 0 Å². The van der Waals surface area contributed by atoms with Crippen molar-refractivity contribution < 1.29 is 4.42 Å². The fourth-order valence-corrected chi connectivity index (χ4v) is 9.07. The van der Waals surface area contributed by atoms with Gasteiger partial charge in [0.1, 0.15) is 11.2 Å². The molecule has 0 unspecified atom stereocenters. The Morgan fingerprint density at radius 1 is 0.295 bits per heavy atom. The molecule has 0 aliphatic heterocycles. The first-order valence-electron chi connectivity index (χ1n) is 20.7. The Balaban J connectivity index is 1.03. The molecule has 10 aromatic carbocycles. The van der Waals surface area contributed by atoms with Crippen LogP contribution in [0.5, 0.6) is 0 Å². The van der Waals surface area contributed by atoms with Crippen molar-refractivity contribution >= 4 is 54.3 Å². The molecule has 3 heteroatoms. The highest BCUT2D eigenvalue weighted by Crippen LogP contribution is 2.43. The van der Waals surface area contributed by atoms with E-state index < -0.39 is 0 Å². The molecule has 0 saturated heterocycles. The summed E-state index contributed by atoms with van der Waals surface area (Å²) < 4.78 is 6.70. The summed E-state index contributed by atoms with van der Waals surface area (Å²) in [5.41, 5.74) is 13.2. The third-order valence-corrected chi connectivity index (χ3v) is 12.1. The molecule has 0 aliphatic carbocycles. The van der Waals surface area contributed by atoms with Crippen LogP contribution in [0.2, 0.25) is 0 Å². The lowest BCUT2D eigenvalue weighted by molar-refractivity contribution is 0.670. The van der Waals surface area contributed by atoms with Gasteiger partial charge in [0, 0.05) is 33.0 Å². The van der Waals surface area contributed by atoms with Crippen molar-refractivity contribution in [2.75, 3.05) is 0 Å². The second-order valence-corrected chi connectivity index (χ2v) is 15.7. The van der Waals surface area contributed by atoms with Crippen molar-refractivity contribution in [1.82, 2.24) is 9.97 Å². The van der Waals surface area contributed by atoms with E-state index in [-0.39, 0.29) is 0 Å². The van der Waals surface area contributed by atoms with Gasteiger partial charge in [0.05, 0.1) is 11.4 Å². The molecule has 2 aromatic heterocycles. The highest BCUT2D eigenvalue weighted by atomic mass is 16.3. The summed E-state index contributed by atoms with van der Waals surface area (Å²) in [5.74, 6) is 0.672. The Kier molecular flexibility index (Phi) is 8.17. The Bertz CT molecular complexity index is 3640. The van der Waals surface area contributed by atoms with Gasteiger partial charge in [0.2, 0.25) is 0 Å². The lowest BCUT2D eigenvalue weighted by Crippen LogP contribution is -1.97. The smallest absolute Gasteiger partial charge is 0.160 e. The van der Waals surface area contributed by atoms with Gasteiger partial charge in [-0.1, -0.05) is 194 Å². The molecule has 0 radical (unpaired) electrons. The number of hydrogen-bond acceptors (Lipinski definition) is 3. The van der Waals surface area contributed by atoms with Gasteiger partial charge in [0.15, 0.2) is 5.82 Å². The fourth-order valence-electron chi connectivity index (χ4n) is 9.07. The SMILES string of the molecule is c1ccc(-c2cccc3c2oc2cccc(-c4ccccc4-c4cc(-c5ccc6c(ccc7ccccc76)c5)nc(-c5ccc(-c6ccc7ccccc7c6)cc5)n4)c23)cc1. The molecule has 0 amide bonds. The van der Waals surface area contributed by atoms with Crippen LogP contribution < -0.4 is 0 Å². The van der Waals surface area contributed by atoms with Crippen LogP contribution in [0.15, 0.2) is 223 Å². The number of benzene rings is 10. The predicted octanol–water partition coefficient (Wildman–Crippen LogP) is 15.8. The average molecular weight is 777 g/mol. The predicted molar refractivity (Wildman–Crippen MR) is 254 cm³/mol. The maximum atomic E-state index is 6.70. The summed E-state index contributed by atoms with van der Waals surface area (Å²) in [5, 5.41) is 9.50. The minimum atomic E-state index is 0.672. The monoisotopic (exact) mass is 776 g/mol. The molecular weight excluding hydrogens is 741 g/mol. The molecule has 61 heavy (non-hydrogen) atoms. The first-order chi connectivity index (χ1) is 30.2. The molecule has 0 N–H and O–H groups in total. The Morgan fingerprint density at radius 2 is 0.885 bits per heavy atom. The number of rotatable bonds is 6. The maximum absolute atomic E-state index is 6.70. The number of nitrogens with zero attached hydrogens (tertiary/aromatic N) is 2. The van der Waals surface area contributed by atoms with Crippen molar-refractivity contribution in [3.05, 3.63) is 218 Å². The molecule has 3 nitrogen and oxygen atoms in total. The van der Waals surface area contributed by atoms with Crippen molar-refractivity contribution in [3.63, 3.8) is 0 Å². The van der Waals surface area contributed by atoms with E-state index in [0.717, 1.165) is 77.8 Å². The topological polar surface area (TPSA) is 38.9 Å². The van der Waals surface area contributed by atoms with Crippen LogP contribution >= 0.6 is 0 Å². The highest BCUT2D eigenvalue weighted by Gasteiger charge is 2.20. The largest absolute Gasteiger partial charge is 0.455 e. The fraction of sp³-hybridized carbons (Fsp3) is 0. The molecule has 2 heterocycles. The zero-order valence-electron chi connectivity index (χ0n) is 33.1. The molecule has 0 atom stereocenters. The van der Waals surface area contributed by atoms with Gasteiger partial charge >= 0.3 is 0 Å². The lowest BCUT2D eigenvalue weighted by atomic mass is 9.92. The quantitative estimate of drug-likeness (QED) is 0.158. The van der Waals surface area contributed by atoms with E-state index >= 15 is 0 Å². The zero-order valence-corrected chi connectivity index (χ0v) is 33.1. The first-order valence-corrected chi connectivity index (χ1v) is 20.7. The van der Waals surface area contributed by atoms with Crippen molar-refractivity contribution in [2.24, 2.45) is 0 Å². The molecule has 12 aromatic rings. The number of para-hydroxylation sites is 1. The van der Waals surface area contributed by atoms with Gasteiger partial charge in [-0.15, -0.1) is 0 Å². The van der Waals surface area contributed by atoms with E-state index in [1.54, 1.807) is 0 Å². The third kappa shape index (κ3) is 6.06. The van der Waals surface area contributed by atoms with Crippen LogP contribution in [0.25, 0.3) is 122 Å². The van der Waals surface area contributed by atoms with Crippen LogP contribution in [0.1, 0.15) is 0 Å². The molecule has 0 aliphatic rings. The normalized spacial score (nSPS) is 11.6. The minimum Gasteiger partial charge on any atom is -0.455 e. The summed E-state index contributed by atoms with van der Waals surface area (Å²) in [6, 6.07) is 77.4. The van der Waals surface area contributed by atoms with Gasteiger partial charge in [-0.2, -0.15) is 0 Å². The standard InChI is InChI=1S/C58H36N2O/c1-2-13-39(14-3-1)48-20-10-22-52-56-51(21-11-23-55(56)61-57(48)52)49-18-8-9-19-50(49)54-36-53(45-32-33-47-44(35-45)31-27-40-15-6-7-17-46(40)47)59-58(60-54)41-28-24-38(25-29-41)43-30-26-37-12-4-5-16-42(37)34-43/h1-36H. The zero-order chi connectivity index (χ0) is 40.3. The Labute approximate surface area is 352 Å². The van der Waals surface area contributed by atoms with E-state index in [9.17, 15) is 0 Å². The van der Waals surface area contributed by atoms with Crippen LogP contribution in [0.4, 0.5) is 0 Å². The summed E-state index contributed by atoms with van der Waals surface area (Å²) in [4.78, 5) is 10.7. The van der Waals surface area contributed by atoms with Crippen LogP contribution in [-0.4, -0.2) is 9.97 Å². The van der Waals surface area contributed by atoms with E-state index in [1.807, 2.05) is 6.07 Å². The van der Waals surface area contributed by atoms with E-state index in [0.29, 0.717) is 5.82 Å². The average Bonchev–Trinajstić information content (AvgIpc) is 3.73. The summed E-state index contributed by atoms with van der Waals surface area (Å²) in [6.45, 7) is 0. The van der Waals surface area contributed by atoms with Gasteiger partial charge in [-0.05, 0) is 84.4 Å². The molecule has 0 bridgehead atoms. The van der Waals surface area contributed by atoms with E-state index in [1.165, 1.54) is 37.9 Å². The minimum absolute atomic E-state index is 0.672. The second kappa shape index (κ2) is 14.3. The summed E-state index contributed by atoms with van der Waals surface area (Å²) in [7, 11) is 0. The number of fused-ring (bicyclic) bond motifs is 7. The lowest BCUT2D eigenvalue weighted by Gasteiger charge is -2.14. The maximum Gasteiger partial charge on any atom is 0.160 e. The molecule has 0 spiro atoms. The highest BCUT2D eigenvalue weighted by molar-refractivity contribution is 6.16. The molecule has 0 fully saturated rings. The van der Waals surface area contributed by atoms with Crippen LogP contribution in [0, 0.1) is 0 Å².